The van der Waals surface area contributed by atoms with E-state index in [2.05, 4.69) is 25.7 Å². The van der Waals surface area contributed by atoms with Crippen LogP contribution in [0.4, 0.5) is 0 Å². The predicted octanol–water partition coefficient (Wildman–Crippen LogP) is 2.23. The largest absolute Gasteiger partial charge is 0.329 e. The van der Waals surface area contributed by atoms with Gasteiger partial charge in [-0.2, -0.15) is 0 Å². The third-order valence-electron chi connectivity index (χ3n) is 3.32. The van der Waals surface area contributed by atoms with E-state index in [0.717, 1.165) is 12.5 Å². The summed E-state index contributed by atoms with van der Waals surface area (Å²) in [5.74, 6) is 0.797. The van der Waals surface area contributed by atoms with Gasteiger partial charge in [0.2, 0.25) is 0 Å². The van der Waals surface area contributed by atoms with E-state index in [4.69, 9.17) is 5.73 Å². The number of likely N-dealkylation sites (tertiary alicyclic amines) is 1. The van der Waals surface area contributed by atoms with E-state index in [1.54, 1.807) is 0 Å². The van der Waals surface area contributed by atoms with Crippen LogP contribution in [0.2, 0.25) is 0 Å². The van der Waals surface area contributed by atoms with Crippen LogP contribution in [0.5, 0.6) is 0 Å². The van der Waals surface area contributed by atoms with Gasteiger partial charge in [-0.15, -0.1) is 0 Å². The summed E-state index contributed by atoms with van der Waals surface area (Å²) in [5.41, 5.74) is 5.82. The molecule has 2 heteroatoms. The maximum atomic E-state index is 5.82. The van der Waals surface area contributed by atoms with Gasteiger partial charge < -0.3 is 5.73 Å². The van der Waals surface area contributed by atoms with Crippen LogP contribution in [0, 0.1) is 5.92 Å². The maximum absolute atomic E-state index is 5.82. The summed E-state index contributed by atoms with van der Waals surface area (Å²) in [6, 6.07) is 1.36. The first-order valence-electron chi connectivity index (χ1n) is 6.11. The van der Waals surface area contributed by atoms with E-state index in [9.17, 15) is 0 Å². The van der Waals surface area contributed by atoms with Crippen LogP contribution in [0.25, 0.3) is 0 Å². The van der Waals surface area contributed by atoms with Crippen molar-refractivity contribution < 1.29 is 0 Å². The van der Waals surface area contributed by atoms with Crippen LogP contribution in [0.3, 0.4) is 0 Å². The van der Waals surface area contributed by atoms with E-state index >= 15 is 0 Å². The molecule has 2 N–H and O–H groups in total. The van der Waals surface area contributed by atoms with Crippen LogP contribution in [-0.2, 0) is 0 Å². The van der Waals surface area contributed by atoms with Crippen LogP contribution in [0.1, 0.15) is 46.5 Å². The molecule has 2 atom stereocenters. The molecular weight excluding hydrogens is 172 g/mol. The lowest BCUT2D eigenvalue weighted by atomic mass is 9.96. The van der Waals surface area contributed by atoms with Crippen molar-refractivity contribution in [2.75, 3.05) is 13.1 Å². The minimum Gasteiger partial charge on any atom is -0.329 e. The second-order valence-electron chi connectivity index (χ2n) is 5.10. The van der Waals surface area contributed by atoms with Crippen molar-refractivity contribution in [2.24, 2.45) is 11.7 Å². The van der Waals surface area contributed by atoms with E-state index in [-0.39, 0.29) is 0 Å². The molecule has 1 aliphatic rings. The highest BCUT2D eigenvalue weighted by Gasteiger charge is 2.25. The SMILES string of the molecule is CC(C)CC(C)N1CCCCC1CN. The van der Waals surface area contributed by atoms with Crippen LogP contribution in [0.15, 0.2) is 0 Å². The Morgan fingerprint density at radius 3 is 2.57 bits per heavy atom. The summed E-state index contributed by atoms with van der Waals surface area (Å²) in [7, 11) is 0. The zero-order chi connectivity index (χ0) is 10.6. The molecule has 1 aliphatic heterocycles. The Morgan fingerprint density at radius 1 is 1.29 bits per heavy atom. The van der Waals surface area contributed by atoms with Gasteiger partial charge in [0.05, 0.1) is 0 Å². The van der Waals surface area contributed by atoms with E-state index in [1.165, 1.54) is 32.2 Å². The van der Waals surface area contributed by atoms with Crippen LogP contribution >= 0.6 is 0 Å². The molecule has 1 rings (SSSR count). The van der Waals surface area contributed by atoms with Gasteiger partial charge in [-0.25, -0.2) is 0 Å². The van der Waals surface area contributed by atoms with Gasteiger partial charge in [-0.1, -0.05) is 20.3 Å². The van der Waals surface area contributed by atoms with Crippen molar-refractivity contribution in [1.29, 1.82) is 0 Å². The molecule has 14 heavy (non-hydrogen) atoms. The van der Waals surface area contributed by atoms with Crippen molar-refractivity contribution in [1.82, 2.24) is 4.90 Å². The number of nitrogens with two attached hydrogens (primary N) is 1. The number of piperidine rings is 1. The van der Waals surface area contributed by atoms with Crippen molar-refractivity contribution >= 4 is 0 Å². The first kappa shape index (κ1) is 12.0. The van der Waals surface area contributed by atoms with E-state index in [1.807, 2.05) is 0 Å². The third-order valence-corrected chi connectivity index (χ3v) is 3.32. The van der Waals surface area contributed by atoms with Gasteiger partial charge in [0.1, 0.15) is 0 Å². The molecule has 0 aromatic carbocycles. The molecule has 0 bridgehead atoms. The molecule has 0 spiro atoms. The topological polar surface area (TPSA) is 29.3 Å². The first-order valence-corrected chi connectivity index (χ1v) is 6.11. The van der Waals surface area contributed by atoms with E-state index < -0.39 is 0 Å². The molecule has 0 amide bonds. The highest BCUT2D eigenvalue weighted by molar-refractivity contribution is 4.81. The van der Waals surface area contributed by atoms with Gasteiger partial charge in [0, 0.05) is 18.6 Å². The Labute approximate surface area is 88.8 Å². The average molecular weight is 198 g/mol. The molecule has 0 radical (unpaired) electrons. The van der Waals surface area contributed by atoms with Crippen molar-refractivity contribution in [2.45, 2.75) is 58.5 Å². The summed E-state index contributed by atoms with van der Waals surface area (Å²) >= 11 is 0. The van der Waals surface area contributed by atoms with Crippen LogP contribution in [-0.4, -0.2) is 30.1 Å². The molecule has 1 fully saturated rings. The summed E-state index contributed by atoms with van der Waals surface area (Å²) in [6.07, 6.45) is 5.33. The Bertz CT molecular complexity index is 156. The minimum absolute atomic E-state index is 0.650. The second kappa shape index (κ2) is 5.72. The molecule has 0 aromatic rings. The lowest BCUT2D eigenvalue weighted by Crippen LogP contribution is -2.48. The molecule has 84 valence electrons. The van der Waals surface area contributed by atoms with Crippen molar-refractivity contribution in [3.63, 3.8) is 0 Å². The van der Waals surface area contributed by atoms with Crippen molar-refractivity contribution in [3.8, 4) is 0 Å². The normalized spacial score (nSPS) is 26.8. The fraction of sp³-hybridized carbons (Fsp3) is 1.00. The quantitative estimate of drug-likeness (QED) is 0.750. The lowest BCUT2D eigenvalue weighted by molar-refractivity contribution is 0.0959. The van der Waals surface area contributed by atoms with Gasteiger partial charge in [-0.05, 0) is 38.6 Å². The number of nitrogens with zero attached hydrogens (tertiary/aromatic N) is 1. The summed E-state index contributed by atoms with van der Waals surface area (Å²) in [4.78, 5) is 2.63. The molecule has 2 nitrogen and oxygen atoms in total. The zero-order valence-corrected chi connectivity index (χ0v) is 10.00. The van der Waals surface area contributed by atoms with Gasteiger partial charge in [-0.3, -0.25) is 4.90 Å². The maximum Gasteiger partial charge on any atom is 0.0221 e. The molecule has 0 aliphatic carbocycles. The Kier molecular flexibility index (Phi) is 4.90. The zero-order valence-electron chi connectivity index (χ0n) is 10.00. The second-order valence-corrected chi connectivity index (χ2v) is 5.10. The standard InChI is InChI=1S/C12H26N2/c1-10(2)8-11(3)14-7-5-4-6-12(14)9-13/h10-12H,4-9,13H2,1-3H3. The van der Waals surface area contributed by atoms with Gasteiger partial charge in [0.25, 0.3) is 0 Å². The van der Waals surface area contributed by atoms with E-state index in [0.29, 0.717) is 12.1 Å². The van der Waals surface area contributed by atoms with Crippen molar-refractivity contribution in [3.05, 3.63) is 0 Å². The molecule has 1 saturated heterocycles. The molecular formula is C12H26N2. The Balaban J connectivity index is 2.45. The minimum atomic E-state index is 0.650. The Hall–Kier alpha value is -0.0800. The molecule has 1 heterocycles. The number of rotatable bonds is 4. The fourth-order valence-corrected chi connectivity index (χ4v) is 2.67. The first-order chi connectivity index (χ1) is 6.65. The van der Waals surface area contributed by atoms with Gasteiger partial charge >= 0.3 is 0 Å². The highest BCUT2D eigenvalue weighted by Crippen LogP contribution is 2.21. The number of hydrogen-bond acceptors (Lipinski definition) is 2. The number of hydrogen-bond donors (Lipinski definition) is 1. The third kappa shape index (κ3) is 3.25. The summed E-state index contributed by atoms with van der Waals surface area (Å²) < 4.78 is 0. The molecule has 0 saturated carbocycles. The average Bonchev–Trinajstić information content (AvgIpc) is 2.16. The smallest absolute Gasteiger partial charge is 0.0221 e. The monoisotopic (exact) mass is 198 g/mol. The highest BCUT2D eigenvalue weighted by atomic mass is 15.2. The molecule has 0 aromatic heterocycles. The van der Waals surface area contributed by atoms with Gasteiger partial charge in [0.15, 0.2) is 0 Å². The Morgan fingerprint density at radius 2 is 2.00 bits per heavy atom. The predicted molar refractivity (Wildman–Crippen MR) is 62.3 cm³/mol. The lowest BCUT2D eigenvalue weighted by Gasteiger charge is -2.40. The fourth-order valence-electron chi connectivity index (χ4n) is 2.67. The summed E-state index contributed by atoms with van der Waals surface area (Å²) in [5, 5.41) is 0. The van der Waals surface area contributed by atoms with Crippen LogP contribution < -0.4 is 5.73 Å². The molecule has 2 unspecified atom stereocenters. The summed E-state index contributed by atoms with van der Waals surface area (Å²) in [6.45, 7) is 9.06.